The van der Waals surface area contributed by atoms with E-state index in [0.29, 0.717) is 12.1 Å². The van der Waals surface area contributed by atoms with Crippen molar-refractivity contribution in [3.8, 4) is 0 Å². The number of hydrogen-bond donors (Lipinski definition) is 0. The third-order valence-electron chi connectivity index (χ3n) is 4.72. The number of fused-ring (bicyclic) bond motifs is 1. The van der Waals surface area contributed by atoms with Crippen molar-refractivity contribution in [1.29, 1.82) is 0 Å². The molecule has 0 bridgehead atoms. The number of halogens is 2. The Hall–Kier alpha value is -2.53. The molecule has 0 amide bonds. The highest BCUT2D eigenvalue weighted by molar-refractivity contribution is 5.31. The summed E-state index contributed by atoms with van der Waals surface area (Å²) in [5.41, 5.74) is 2.62. The van der Waals surface area contributed by atoms with Crippen molar-refractivity contribution in [2.24, 2.45) is 0 Å². The number of aryl methyl sites for hydroxylation is 1. The largest absolute Gasteiger partial charge is 0.350 e. The lowest BCUT2D eigenvalue weighted by molar-refractivity contribution is 0.216. The Morgan fingerprint density at radius 3 is 2.80 bits per heavy atom. The third kappa shape index (κ3) is 3.20. The summed E-state index contributed by atoms with van der Waals surface area (Å²) in [4.78, 5) is 6.42. The Labute approximate surface area is 145 Å². The average molecular weight is 339 g/mol. The van der Waals surface area contributed by atoms with Crippen LogP contribution in [0.1, 0.15) is 29.3 Å². The fraction of sp³-hybridized carbons (Fsp3) is 0.250. The molecule has 0 saturated heterocycles. The van der Waals surface area contributed by atoms with Crippen LogP contribution in [0.4, 0.5) is 8.78 Å². The maximum absolute atomic E-state index is 14.6. The van der Waals surface area contributed by atoms with Crippen molar-refractivity contribution in [3.63, 3.8) is 0 Å². The Morgan fingerprint density at radius 2 is 2.00 bits per heavy atom. The van der Waals surface area contributed by atoms with E-state index in [1.807, 2.05) is 36.7 Å². The second-order valence-corrected chi connectivity index (χ2v) is 6.38. The van der Waals surface area contributed by atoms with Crippen LogP contribution in [-0.2, 0) is 13.1 Å². The van der Waals surface area contributed by atoms with Crippen molar-refractivity contribution >= 4 is 0 Å². The van der Waals surface area contributed by atoms with E-state index in [2.05, 4.69) is 14.5 Å². The molecule has 3 nitrogen and oxygen atoms in total. The molecular formula is C20H19F2N3. The molecule has 4 rings (SSSR count). The number of nitrogens with zero attached hydrogens (tertiary/aromatic N) is 3. The normalized spacial score (nSPS) is 17.9. The summed E-state index contributed by atoms with van der Waals surface area (Å²) < 4.78 is 30.2. The summed E-state index contributed by atoms with van der Waals surface area (Å²) in [5, 5.41) is 0. The van der Waals surface area contributed by atoms with Crippen LogP contribution in [0, 0.1) is 11.6 Å². The summed E-state index contributed by atoms with van der Waals surface area (Å²) in [6.45, 7) is 2.39. The van der Waals surface area contributed by atoms with Gasteiger partial charge < -0.3 is 4.57 Å². The smallest absolute Gasteiger partial charge is 0.131 e. The van der Waals surface area contributed by atoms with E-state index in [4.69, 9.17) is 0 Å². The fourth-order valence-corrected chi connectivity index (χ4v) is 3.62. The minimum atomic E-state index is -0.552. The quantitative estimate of drug-likeness (QED) is 0.714. The zero-order chi connectivity index (χ0) is 17.2. The number of hydrogen-bond acceptors (Lipinski definition) is 2. The van der Waals surface area contributed by atoms with Crippen molar-refractivity contribution in [1.82, 2.24) is 14.5 Å². The molecule has 1 aliphatic heterocycles. The first kappa shape index (κ1) is 16.0. The Kier molecular flexibility index (Phi) is 4.32. The summed E-state index contributed by atoms with van der Waals surface area (Å²) in [7, 11) is 0. The van der Waals surface area contributed by atoms with Gasteiger partial charge in [-0.1, -0.05) is 12.1 Å². The van der Waals surface area contributed by atoms with E-state index in [-0.39, 0.29) is 6.04 Å². The second kappa shape index (κ2) is 6.76. The summed E-state index contributed by atoms with van der Waals surface area (Å²) in [5.74, 6) is -1.06. The molecule has 1 aromatic carbocycles. The minimum Gasteiger partial charge on any atom is -0.350 e. The van der Waals surface area contributed by atoms with Gasteiger partial charge in [0.1, 0.15) is 11.6 Å². The molecule has 3 aromatic rings. The van der Waals surface area contributed by atoms with Crippen LogP contribution in [0.15, 0.2) is 61.1 Å². The van der Waals surface area contributed by atoms with Gasteiger partial charge in [0, 0.05) is 55.5 Å². The Morgan fingerprint density at radius 1 is 1.08 bits per heavy atom. The molecule has 0 spiro atoms. The molecule has 0 saturated carbocycles. The molecule has 0 fully saturated rings. The highest BCUT2D eigenvalue weighted by Gasteiger charge is 2.29. The van der Waals surface area contributed by atoms with E-state index in [1.54, 1.807) is 12.3 Å². The third-order valence-corrected chi connectivity index (χ3v) is 4.72. The molecule has 3 heterocycles. The van der Waals surface area contributed by atoms with Gasteiger partial charge in [-0.3, -0.25) is 9.88 Å². The van der Waals surface area contributed by atoms with Crippen LogP contribution in [0.2, 0.25) is 0 Å². The van der Waals surface area contributed by atoms with Gasteiger partial charge in [-0.05, 0) is 36.2 Å². The highest BCUT2D eigenvalue weighted by atomic mass is 19.1. The zero-order valence-corrected chi connectivity index (χ0v) is 13.8. The van der Waals surface area contributed by atoms with Crippen LogP contribution in [0.5, 0.6) is 0 Å². The van der Waals surface area contributed by atoms with Crippen LogP contribution >= 0.6 is 0 Å². The number of rotatable bonds is 3. The van der Waals surface area contributed by atoms with E-state index >= 15 is 0 Å². The molecule has 0 aliphatic carbocycles. The number of aromatic nitrogens is 2. The maximum atomic E-state index is 14.6. The molecule has 0 radical (unpaired) electrons. The lowest BCUT2D eigenvalue weighted by Crippen LogP contribution is -2.30. The van der Waals surface area contributed by atoms with Gasteiger partial charge in [-0.15, -0.1) is 0 Å². The van der Waals surface area contributed by atoms with E-state index in [0.717, 1.165) is 36.8 Å². The number of benzene rings is 1. The molecule has 2 aromatic heterocycles. The van der Waals surface area contributed by atoms with Crippen molar-refractivity contribution in [2.45, 2.75) is 25.6 Å². The molecular weight excluding hydrogens is 320 g/mol. The molecule has 0 N–H and O–H groups in total. The molecule has 1 aliphatic rings. The van der Waals surface area contributed by atoms with Crippen LogP contribution in [-0.4, -0.2) is 21.0 Å². The molecule has 1 atom stereocenters. The first-order valence-corrected chi connectivity index (χ1v) is 8.45. The van der Waals surface area contributed by atoms with Crippen LogP contribution in [0.25, 0.3) is 0 Å². The molecule has 128 valence electrons. The SMILES string of the molecule is Fc1ccc(C2c3cccn3CCCN2Cc2cccnc2)c(F)c1. The zero-order valence-electron chi connectivity index (χ0n) is 13.8. The number of pyridine rings is 1. The highest BCUT2D eigenvalue weighted by Crippen LogP contribution is 2.34. The van der Waals surface area contributed by atoms with Crippen LogP contribution < -0.4 is 0 Å². The molecule has 25 heavy (non-hydrogen) atoms. The van der Waals surface area contributed by atoms with E-state index < -0.39 is 11.6 Å². The predicted octanol–water partition coefficient (Wildman–Crippen LogP) is 4.16. The first-order chi connectivity index (χ1) is 12.2. The van der Waals surface area contributed by atoms with Gasteiger partial charge >= 0.3 is 0 Å². The predicted molar refractivity (Wildman–Crippen MR) is 91.9 cm³/mol. The lowest BCUT2D eigenvalue weighted by atomic mass is 10.0. The van der Waals surface area contributed by atoms with Gasteiger partial charge in [0.05, 0.1) is 6.04 Å². The van der Waals surface area contributed by atoms with Gasteiger partial charge in [0.15, 0.2) is 0 Å². The fourth-order valence-electron chi connectivity index (χ4n) is 3.62. The topological polar surface area (TPSA) is 21.1 Å². The Balaban J connectivity index is 1.78. The van der Waals surface area contributed by atoms with E-state index in [9.17, 15) is 8.78 Å². The van der Waals surface area contributed by atoms with Gasteiger partial charge in [0.2, 0.25) is 0 Å². The van der Waals surface area contributed by atoms with Gasteiger partial charge in [-0.2, -0.15) is 0 Å². The monoisotopic (exact) mass is 339 g/mol. The summed E-state index contributed by atoms with van der Waals surface area (Å²) in [6, 6.07) is 11.5. The van der Waals surface area contributed by atoms with Gasteiger partial charge in [0.25, 0.3) is 0 Å². The maximum Gasteiger partial charge on any atom is 0.131 e. The Bertz CT molecular complexity index is 860. The van der Waals surface area contributed by atoms with Gasteiger partial charge in [-0.25, -0.2) is 8.78 Å². The second-order valence-electron chi connectivity index (χ2n) is 6.38. The van der Waals surface area contributed by atoms with Crippen LogP contribution in [0.3, 0.4) is 0 Å². The standard InChI is InChI=1S/C20H19F2N3/c21-16-6-7-17(18(22)12-16)20-19-5-2-9-24(19)10-3-11-25(20)14-15-4-1-8-23-13-15/h1-2,4-9,12-13,20H,3,10-11,14H2. The molecule has 1 unspecified atom stereocenters. The minimum absolute atomic E-state index is 0.252. The molecule has 5 heteroatoms. The summed E-state index contributed by atoms with van der Waals surface area (Å²) >= 11 is 0. The summed E-state index contributed by atoms with van der Waals surface area (Å²) in [6.07, 6.45) is 6.58. The average Bonchev–Trinajstić information content (AvgIpc) is 2.99. The first-order valence-electron chi connectivity index (χ1n) is 8.45. The van der Waals surface area contributed by atoms with E-state index in [1.165, 1.54) is 6.07 Å². The van der Waals surface area contributed by atoms with Crippen molar-refractivity contribution in [2.75, 3.05) is 6.54 Å². The lowest BCUT2D eigenvalue weighted by Gasteiger charge is -2.30. The van der Waals surface area contributed by atoms with Crippen molar-refractivity contribution in [3.05, 3.63) is 89.5 Å². The van der Waals surface area contributed by atoms with Crippen molar-refractivity contribution < 1.29 is 8.78 Å².